The number of halogens is 1. The summed E-state index contributed by atoms with van der Waals surface area (Å²) in [6.07, 6.45) is 0. The molecule has 0 saturated carbocycles. The number of ether oxygens (including phenoxy) is 1. The third-order valence-corrected chi connectivity index (χ3v) is 6.07. The first-order valence-electron chi connectivity index (χ1n) is 10.1. The number of hydrogen-bond donors (Lipinski definition) is 2. The van der Waals surface area contributed by atoms with Crippen molar-refractivity contribution in [2.45, 2.75) is 32.1 Å². The quantitative estimate of drug-likeness (QED) is 0.392. The highest BCUT2D eigenvalue weighted by Crippen LogP contribution is 2.20. The highest BCUT2D eigenvalue weighted by Gasteiger charge is 2.15. The number of hydrogen-bond acceptors (Lipinski definition) is 6. The number of benzene rings is 2. The molecule has 0 spiro atoms. The number of carbonyl (C=O) groups is 2. The van der Waals surface area contributed by atoms with E-state index in [1.54, 1.807) is 24.3 Å². The second-order valence-electron chi connectivity index (χ2n) is 6.60. The maximum atomic E-state index is 12.4. The summed E-state index contributed by atoms with van der Waals surface area (Å²) in [4.78, 5) is 24.8. The average Bonchev–Trinajstić information content (AvgIpc) is 3.19. The van der Waals surface area contributed by atoms with E-state index in [0.29, 0.717) is 35.4 Å². The number of carbonyl (C=O) groups excluding carboxylic acids is 2. The minimum absolute atomic E-state index is 0.145. The largest absolute Gasteiger partial charge is 0.494 e. The molecule has 0 saturated heterocycles. The molecule has 2 N–H and O–H groups in total. The molecule has 1 heterocycles. The number of anilines is 1. The second-order valence-corrected chi connectivity index (χ2v) is 8.40. The van der Waals surface area contributed by atoms with E-state index in [4.69, 9.17) is 4.74 Å². The van der Waals surface area contributed by atoms with E-state index in [-0.39, 0.29) is 24.1 Å². The van der Waals surface area contributed by atoms with Gasteiger partial charge in [0.15, 0.2) is 11.0 Å². The molecule has 2 amide bonds. The minimum Gasteiger partial charge on any atom is -0.494 e. The van der Waals surface area contributed by atoms with Gasteiger partial charge in [0, 0.05) is 16.7 Å². The Labute approximate surface area is 199 Å². The van der Waals surface area contributed by atoms with Crippen LogP contribution in [0.3, 0.4) is 0 Å². The molecule has 2 aromatic carbocycles. The molecular weight excluding hydrogens is 494 g/mol. The van der Waals surface area contributed by atoms with E-state index in [0.717, 1.165) is 10.2 Å². The van der Waals surface area contributed by atoms with Crippen molar-refractivity contribution in [3.8, 4) is 5.75 Å². The summed E-state index contributed by atoms with van der Waals surface area (Å²) < 4.78 is 8.01. The zero-order valence-corrected chi connectivity index (χ0v) is 20.2. The molecule has 168 valence electrons. The third kappa shape index (κ3) is 6.33. The lowest BCUT2D eigenvalue weighted by atomic mass is 10.2. The van der Waals surface area contributed by atoms with E-state index in [1.807, 2.05) is 42.7 Å². The number of nitrogens with one attached hydrogen (secondary N) is 2. The molecular formula is C22H24BrN5O3S. The molecule has 0 unspecified atom stereocenters. The van der Waals surface area contributed by atoms with Gasteiger partial charge in [-0.15, -0.1) is 10.2 Å². The van der Waals surface area contributed by atoms with Crippen LogP contribution in [0.5, 0.6) is 5.75 Å². The summed E-state index contributed by atoms with van der Waals surface area (Å²) in [7, 11) is 0. The van der Waals surface area contributed by atoms with Gasteiger partial charge in [-0.2, -0.15) is 0 Å². The molecule has 3 aromatic rings. The van der Waals surface area contributed by atoms with Crippen LogP contribution in [0.1, 0.15) is 30.0 Å². The minimum atomic E-state index is -0.202. The Hall–Kier alpha value is -2.85. The summed E-state index contributed by atoms with van der Waals surface area (Å²) >= 11 is 4.68. The summed E-state index contributed by atoms with van der Waals surface area (Å²) in [5, 5.41) is 14.7. The van der Waals surface area contributed by atoms with Crippen LogP contribution in [0.15, 0.2) is 58.2 Å². The predicted molar refractivity (Wildman–Crippen MR) is 128 cm³/mol. The Balaban J connectivity index is 1.54. The van der Waals surface area contributed by atoms with E-state index < -0.39 is 0 Å². The lowest BCUT2D eigenvalue weighted by Gasteiger charge is -2.09. The van der Waals surface area contributed by atoms with E-state index in [1.165, 1.54) is 11.8 Å². The average molecular weight is 518 g/mol. The van der Waals surface area contributed by atoms with Crippen molar-refractivity contribution in [3.63, 3.8) is 0 Å². The highest BCUT2D eigenvalue weighted by atomic mass is 79.9. The molecule has 0 aliphatic heterocycles. The Kier molecular flexibility index (Phi) is 8.69. The fourth-order valence-electron chi connectivity index (χ4n) is 2.90. The molecule has 3 rings (SSSR count). The zero-order chi connectivity index (χ0) is 22.9. The van der Waals surface area contributed by atoms with Gasteiger partial charge in [-0.25, -0.2) is 0 Å². The van der Waals surface area contributed by atoms with Gasteiger partial charge < -0.3 is 19.9 Å². The Morgan fingerprint density at radius 3 is 2.53 bits per heavy atom. The van der Waals surface area contributed by atoms with Gasteiger partial charge in [-0.1, -0.05) is 23.9 Å². The molecule has 10 heteroatoms. The fourth-order valence-corrected chi connectivity index (χ4v) is 4.19. The van der Waals surface area contributed by atoms with Gasteiger partial charge >= 0.3 is 0 Å². The number of rotatable bonds is 10. The topological polar surface area (TPSA) is 98.1 Å². The lowest BCUT2D eigenvalue weighted by Crippen LogP contribution is -2.25. The fraction of sp³-hybridized carbons (Fsp3) is 0.273. The van der Waals surface area contributed by atoms with Gasteiger partial charge in [0.2, 0.25) is 5.91 Å². The smallest absolute Gasteiger partial charge is 0.252 e. The number of aromatic nitrogens is 3. The first-order valence-corrected chi connectivity index (χ1v) is 11.9. The third-order valence-electron chi connectivity index (χ3n) is 4.42. The van der Waals surface area contributed by atoms with Crippen molar-refractivity contribution in [2.24, 2.45) is 0 Å². The van der Waals surface area contributed by atoms with E-state index in [2.05, 4.69) is 36.8 Å². The highest BCUT2D eigenvalue weighted by molar-refractivity contribution is 9.10. The number of nitrogens with zero attached hydrogens (tertiary/aromatic N) is 3. The predicted octanol–water partition coefficient (Wildman–Crippen LogP) is 4.12. The van der Waals surface area contributed by atoms with Crippen molar-refractivity contribution >= 4 is 45.2 Å². The van der Waals surface area contributed by atoms with Crippen LogP contribution in [0.2, 0.25) is 0 Å². The standard InChI is InChI=1S/C22H24BrN5O3S/c1-3-28-19(13-24-21(30)17-7-5-6-8-18(17)23)26-27-22(28)32-14-20(29)25-15-9-11-16(12-10-15)31-4-2/h5-12H,3-4,13-14H2,1-2H3,(H,24,30)(H,25,29). The molecule has 32 heavy (non-hydrogen) atoms. The summed E-state index contributed by atoms with van der Waals surface area (Å²) in [5.41, 5.74) is 1.25. The van der Waals surface area contributed by atoms with Crippen LogP contribution in [-0.2, 0) is 17.9 Å². The molecule has 0 radical (unpaired) electrons. The second kappa shape index (κ2) is 11.7. The molecule has 0 aliphatic rings. The lowest BCUT2D eigenvalue weighted by molar-refractivity contribution is -0.113. The van der Waals surface area contributed by atoms with Crippen LogP contribution in [0.4, 0.5) is 5.69 Å². The van der Waals surface area contributed by atoms with Crippen molar-refractivity contribution in [1.82, 2.24) is 20.1 Å². The van der Waals surface area contributed by atoms with Gasteiger partial charge in [-0.05, 0) is 66.2 Å². The first-order chi connectivity index (χ1) is 15.5. The van der Waals surface area contributed by atoms with Crippen LogP contribution in [0, 0.1) is 0 Å². The van der Waals surface area contributed by atoms with Gasteiger partial charge in [0.25, 0.3) is 5.91 Å². The van der Waals surface area contributed by atoms with Crippen LogP contribution >= 0.6 is 27.7 Å². The maximum Gasteiger partial charge on any atom is 0.252 e. The van der Waals surface area contributed by atoms with Crippen molar-refractivity contribution in [3.05, 3.63) is 64.4 Å². The Morgan fingerprint density at radius 1 is 1.09 bits per heavy atom. The monoisotopic (exact) mass is 517 g/mol. The molecule has 1 aromatic heterocycles. The van der Waals surface area contributed by atoms with Gasteiger partial charge in [-0.3, -0.25) is 9.59 Å². The van der Waals surface area contributed by atoms with Crippen LogP contribution in [-0.4, -0.2) is 38.9 Å². The summed E-state index contributed by atoms with van der Waals surface area (Å²) in [5.74, 6) is 1.23. The van der Waals surface area contributed by atoms with Crippen LogP contribution in [0.25, 0.3) is 0 Å². The van der Waals surface area contributed by atoms with Crippen molar-refractivity contribution < 1.29 is 14.3 Å². The summed E-state index contributed by atoms with van der Waals surface area (Å²) in [6.45, 7) is 5.34. The molecule has 0 atom stereocenters. The Morgan fingerprint density at radius 2 is 1.84 bits per heavy atom. The molecule has 0 fully saturated rings. The first kappa shape index (κ1) is 23.8. The molecule has 8 nitrogen and oxygen atoms in total. The molecule has 0 bridgehead atoms. The normalized spacial score (nSPS) is 10.6. The number of amides is 2. The van der Waals surface area contributed by atoms with Gasteiger partial charge in [0.05, 0.1) is 24.5 Å². The summed E-state index contributed by atoms with van der Waals surface area (Å²) in [6, 6.07) is 14.4. The van der Waals surface area contributed by atoms with E-state index >= 15 is 0 Å². The van der Waals surface area contributed by atoms with Gasteiger partial charge in [0.1, 0.15) is 5.75 Å². The number of thioether (sulfide) groups is 1. The Bertz CT molecular complexity index is 1070. The van der Waals surface area contributed by atoms with Crippen molar-refractivity contribution in [2.75, 3.05) is 17.7 Å². The molecule has 0 aliphatic carbocycles. The van der Waals surface area contributed by atoms with E-state index in [9.17, 15) is 9.59 Å². The SMILES string of the molecule is CCOc1ccc(NC(=O)CSc2nnc(CNC(=O)c3ccccc3Br)n2CC)cc1. The maximum absolute atomic E-state index is 12.4. The van der Waals surface area contributed by atoms with Crippen molar-refractivity contribution in [1.29, 1.82) is 0 Å². The zero-order valence-electron chi connectivity index (χ0n) is 17.8. The van der Waals surface area contributed by atoms with Crippen LogP contribution < -0.4 is 15.4 Å².